The van der Waals surface area contributed by atoms with E-state index in [1.165, 1.54) is 0 Å². The van der Waals surface area contributed by atoms with Gasteiger partial charge < -0.3 is 10.2 Å². The number of nitriles is 1. The Hall–Kier alpha value is -1.67. The van der Waals surface area contributed by atoms with Gasteiger partial charge in [-0.2, -0.15) is 5.26 Å². The topological polar surface area (TPSA) is 77.1 Å². The zero-order valence-electron chi connectivity index (χ0n) is 9.63. The standard InChI is InChI=1S/C13H11ClN2O2/c1-7-3-2-4-8-5-9(12(18)10(17)6-15)13(14)16-11(7)8/h2-5,10,12,17-18H,1H3. The zero-order chi connectivity index (χ0) is 13.3. The Labute approximate surface area is 109 Å². The molecule has 2 aromatic rings. The van der Waals surface area contributed by atoms with Crippen molar-refractivity contribution < 1.29 is 10.2 Å². The largest absolute Gasteiger partial charge is 0.384 e. The molecule has 2 N–H and O–H groups in total. The lowest BCUT2D eigenvalue weighted by Crippen LogP contribution is -2.16. The lowest BCUT2D eigenvalue weighted by Gasteiger charge is -2.14. The molecule has 0 aliphatic rings. The number of hydrogen-bond donors (Lipinski definition) is 2. The molecule has 0 amide bonds. The third kappa shape index (κ3) is 2.16. The fourth-order valence-corrected chi connectivity index (χ4v) is 2.04. The third-order valence-electron chi connectivity index (χ3n) is 2.78. The van der Waals surface area contributed by atoms with E-state index in [4.69, 9.17) is 16.9 Å². The van der Waals surface area contributed by atoms with E-state index in [1.54, 1.807) is 12.1 Å². The van der Waals surface area contributed by atoms with Gasteiger partial charge in [0.1, 0.15) is 11.3 Å². The number of pyridine rings is 1. The molecule has 92 valence electrons. The number of fused-ring (bicyclic) bond motifs is 1. The van der Waals surface area contributed by atoms with E-state index < -0.39 is 12.2 Å². The van der Waals surface area contributed by atoms with Crippen molar-refractivity contribution in [2.45, 2.75) is 19.1 Å². The molecule has 1 heterocycles. The van der Waals surface area contributed by atoms with E-state index in [2.05, 4.69) is 4.98 Å². The van der Waals surface area contributed by atoms with Crippen LogP contribution in [-0.4, -0.2) is 21.3 Å². The van der Waals surface area contributed by atoms with Crippen molar-refractivity contribution in [3.8, 4) is 6.07 Å². The third-order valence-corrected chi connectivity index (χ3v) is 3.08. The number of rotatable bonds is 2. The van der Waals surface area contributed by atoms with Gasteiger partial charge >= 0.3 is 0 Å². The molecule has 0 aliphatic heterocycles. The summed E-state index contributed by atoms with van der Waals surface area (Å²) in [7, 11) is 0. The number of hydrogen-bond acceptors (Lipinski definition) is 4. The highest BCUT2D eigenvalue weighted by atomic mass is 35.5. The van der Waals surface area contributed by atoms with Gasteiger partial charge in [-0.15, -0.1) is 0 Å². The molecule has 5 heteroatoms. The Balaban J connectivity index is 2.61. The van der Waals surface area contributed by atoms with Gasteiger partial charge in [0.15, 0.2) is 6.10 Å². The number of para-hydroxylation sites is 1. The Morgan fingerprint density at radius 3 is 2.78 bits per heavy atom. The second-order valence-electron chi connectivity index (χ2n) is 4.03. The lowest BCUT2D eigenvalue weighted by atomic mass is 10.0. The van der Waals surface area contributed by atoms with Crippen LogP contribution in [0.4, 0.5) is 0 Å². The second-order valence-corrected chi connectivity index (χ2v) is 4.39. The Bertz CT molecular complexity index is 637. The first kappa shape index (κ1) is 12.8. The smallest absolute Gasteiger partial charge is 0.170 e. The SMILES string of the molecule is Cc1cccc2cc(C(O)C(O)C#N)c(Cl)nc12. The van der Waals surface area contributed by atoms with Crippen LogP contribution < -0.4 is 0 Å². The predicted octanol–water partition coefficient (Wildman–Crippen LogP) is 2.11. The summed E-state index contributed by atoms with van der Waals surface area (Å²) in [5.74, 6) is 0. The maximum absolute atomic E-state index is 9.80. The van der Waals surface area contributed by atoms with Crippen molar-refractivity contribution in [1.82, 2.24) is 4.98 Å². The molecule has 2 rings (SSSR count). The average molecular weight is 263 g/mol. The quantitative estimate of drug-likeness (QED) is 0.642. The maximum atomic E-state index is 9.80. The monoisotopic (exact) mass is 262 g/mol. The molecule has 4 nitrogen and oxygen atoms in total. The number of aliphatic hydroxyl groups excluding tert-OH is 2. The summed E-state index contributed by atoms with van der Waals surface area (Å²) in [5, 5.41) is 28.6. The minimum absolute atomic E-state index is 0.0959. The summed E-state index contributed by atoms with van der Waals surface area (Å²) in [6.07, 6.45) is -2.88. The van der Waals surface area contributed by atoms with Gasteiger partial charge in [-0.25, -0.2) is 4.98 Å². The summed E-state index contributed by atoms with van der Waals surface area (Å²) in [6.45, 7) is 1.91. The van der Waals surface area contributed by atoms with Crippen LogP contribution in [-0.2, 0) is 0 Å². The van der Waals surface area contributed by atoms with Gasteiger partial charge in [-0.05, 0) is 18.6 Å². The van der Waals surface area contributed by atoms with Crippen LogP contribution >= 0.6 is 11.6 Å². The summed E-state index contributed by atoms with van der Waals surface area (Å²) in [5.41, 5.74) is 1.96. The first-order chi connectivity index (χ1) is 8.54. The molecule has 0 saturated heterocycles. The average Bonchev–Trinajstić information content (AvgIpc) is 2.37. The van der Waals surface area contributed by atoms with Crippen LogP contribution in [0, 0.1) is 18.3 Å². The van der Waals surface area contributed by atoms with Crippen LogP contribution in [0.2, 0.25) is 5.15 Å². The molecule has 0 fully saturated rings. The van der Waals surface area contributed by atoms with Crippen molar-refractivity contribution >= 4 is 22.5 Å². The summed E-state index contributed by atoms with van der Waals surface area (Å²) in [6, 6.07) is 8.82. The van der Waals surface area contributed by atoms with Gasteiger partial charge in [0.2, 0.25) is 0 Å². The molecule has 0 aliphatic carbocycles. The second kappa shape index (κ2) is 4.91. The fraction of sp³-hybridized carbons (Fsp3) is 0.231. The summed E-state index contributed by atoms with van der Waals surface area (Å²) < 4.78 is 0. The summed E-state index contributed by atoms with van der Waals surface area (Å²) >= 11 is 5.98. The van der Waals surface area contributed by atoms with E-state index in [1.807, 2.05) is 25.1 Å². The van der Waals surface area contributed by atoms with Crippen molar-refractivity contribution in [1.29, 1.82) is 5.26 Å². The highest BCUT2D eigenvalue weighted by Crippen LogP contribution is 2.28. The lowest BCUT2D eigenvalue weighted by molar-refractivity contribution is 0.0527. The van der Waals surface area contributed by atoms with Crippen LogP contribution in [0.5, 0.6) is 0 Å². The van der Waals surface area contributed by atoms with E-state index in [-0.39, 0.29) is 10.7 Å². The molecule has 1 aromatic carbocycles. The molecule has 1 aromatic heterocycles. The number of halogens is 1. The van der Waals surface area contributed by atoms with Crippen LogP contribution in [0.15, 0.2) is 24.3 Å². The predicted molar refractivity (Wildman–Crippen MR) is 68.1 cm³/mol. The van der Waals surface area contributed by atoms with Gasteiger partial charge in [0, 0.05) is 10.9 Å². The maximum Gasteiger partial charge on any atom is 0.170 e. The number of aliphatic hydroxyl groups is 2. The molecule has 18 heavy (non-hydrogen) atoms. The van der Waals surface area contributed by atoms with Crippen LogP contribution in [0.1, 0.15) is 17.2 Å². The molecule has 2 atom stereocenters. The number of nitrogens with zero attached hydrogens (tertiary/aromatic N) is 2. The van der Waals surface area contributed by atoms with E-state index in [0.29, 0.717) is 0 Å². The zero-order valence-corrected chi connectivity index (χ0v) is 10.4. The van der Waals surface area contributed by atoms with E-state index in [0.717, 1.165) is 16.5 Å². The van der Waals surface area contributed by atoms with E-state index >= 15 is 0 Å². The first-order valence-corrected chi connectivity index (χ1v) is 5.74. The molecular formula is C13H11ClN2O2. The summed E-state index contributed by atoms with van der Waals surface area (Å²) in [4.78, 5) is 4.20. The van der Waals surface area contributed by atoms with Gasteiger partial charge in [0.25, 0.3) is 0 Å². The van der Waals surface area contributed by atoms with Gasteiger partial charge in [-0.3, -0.25) is 0 Å². The van der Waals surface area contributed by atoms with E-state index in [9.17, 15) is 10.2 Å². The van der Waals surface area contributed by atoms with Crippen molar-refractivity contribution in [2.75, 3.05) is 0 Å². The Morgan fingerprint density at radius 1 is 1.39 bits per heavy atom. The number of aromatic nitrogens is 1. The van der Waals surface area contributed by atoms with Crippen LogP contribution in [0.3, 0.4) is 0 Å². The van der Waals surface area contributed by atoms with Crippen LogP contribution in [0.25, 0.3) is 10.9 Å². The number of benzene rings is 1. The highest BCUT2D eigenvalue weighted by Gasteiger charge is 2.21. The number of aryl methyl sites for hydroxylation is 1. The molecule has 0 saturated carbocycles. The molecule has 0 radical (unpaired) electrons. The Morgan fingerprint density at radius 2 is 2.11 bits per heavy atom. The van der Waals surface area contributed by atoms with Crippen molar-refractivity contribution in [3.63, 3.8) is 0 Å². The fourth-order valence-electron chi connectivity index (χ4n) is 1.79. The highest BCUT2D eigenvalue weighted by molar-refractivity contribution is 6.30. The molecule has 0 bridgehead atoms. The van der Waals surface area contributed by atoms with Crippen molar-refractivity contribution in [3.05, 3.63) is 40.5 Å². The van der Waals surface area contributed by atoms with Gasteiger partial charge in [0.05, 0.1) is 11.6 Å². The molecule has 0 spiro atoms. The first-order valence-electron chi connectivity index (χ1n) is 5.36. The molecular weight excluding hydrogens is 252 g/mol. The minimum atomic E-state index is -1.52. The van der Waals surface area contributed by atoms with Crippen molar-refractivity contribution in [2.24, 2.45) is 0 Å². The van der Waals surface area contributed by atoms with Gasteiger partial charge in [-0.1, -0.05) is 29.8 Å². The normalized spacial score (nSPS) is 14.2. The Kier molecular flexibility index (Phi) is 3.48. The molecule has 2 unspecified atom stereocenters. The minimum Gasteiger partial charge on any atom is -0.384 e.